The van der Waals surface area contributed by atoms with Crippen LogP contribution in [0.15, 0.2) is 12.1 Å². The van der Waals surface area contributed by atoms with E-state index >= 15 is 0 Å². The molecule has 1 aromatic heterocycles. The van der Waals surface area contributed by atoms with Crippen LogP contribution in [0.1, 0.15) is 31.5 Å². The van der Waals surface area contributed by atoms with Gasteiger partial charge in [-0.05, 0) is 31.9 Å². The topological polar surface area (TPSA) is 45.6 Å². The Labute approximate surface area is 109 Å². The molecule has 0 aliphatic carbocycles. The third-order valence-corrected chi connectivity index (χ3v) is 3.58. The number of rotatable bonds is 3. The highest BCUT2D eigenvalue weighted by molar-refractivity contribution is 5.43. The summed E-state index contributed by atoms with van der Waals surface area (Å²) in [7, 11) is 0. The molecule has 18 heavy (non-hydrogen) atoms. The van der Waals surface area contributed by atoms with Crippen LogP contribution in [0.25, 0.3) is 0 Å². The summed E-state index contributed by atoms with van der Waals surface area (Å²) in [6.45, 7) is 7.90. The normalized spacial score (nSPS) is 24.3. The monoisotopic (exact) mass is 250 g/mol. The number of aromatic nitrogens is 1. The third-order valence-electron chi connectivity index (χ3n) is 3.58. The van der Waals surface area contributed by atoms with E-state index in [1.807, 2.05) is 19.1 Å². The van der Waals surface area contributed by atoms with E-state index in [-0.39, 0.29) is 12.7 Å². The lowest BCUT2D eigenvalue weighted by Crippen LogP contribution is -2.49. The Balaban J connectivity index is 2.25. The molecule has 0 bridgehead atoms. The van der Waals surface area contributed by atoms with E-state index in [0.29, 0.717) is 6.04 Å². The molecule has 1 aliphatic rings. The molecule has 1 fully saturated rings. The average molecular weight is 250 g/mol. The fourth-order valence-electron chi connectivity index (χ4n) is 2.37. The highest BCUT2D eigenvalue weighted by Gasteiger charge is 2.26. The Bertz CT molecular complexity index is 409. The van der Waals surface area contributed by atoms with E-state index in [9.17, 15) is 5.11 Å². The van der Waals surface area contributed by atoms with Crippen LogP contribution in [-0.4, -0.2) is 35.4 Å². The van der Waals surface area contributed by atoms with Crippen molar-refractivity contribution in [3.05, 3.63) is 23.4 Å². The van der Waals surface area contributed by atoms with Gasteiger partial charge in [0.1, 0.15) is 5.82 Å². The van der Waals surface area contributed by atoms with E-state index in [1.54, 1.807) is 0 Å². The average Bonchev–Trinajstić information content (AvgIpc) is 2.38. The van der Waals surface area contributed by atoms with Gasteiger partial charge in [-0.3, -0.25) is 0 Å². The molecule has 0 amide bonds. The number of aliphatic hydroxyl groups is 1. The molecule has 0 radical (unpaired) electrons. The van der Waals surface area contributed by atoms with Gasteiger partial charge in [0.2, 0.25) is 0 Å². The minimum atomic E-state index is 0.0514. The van der Waals surface area contributed by atoms with Crippen molar-refractivity contribution in [3.63, 3.8) is 0 Å². The van der Waals surface area contributed by atoms with Crippen molar-refractivity contribution in [3.8, 4) is 0 Å². The molecule has 1 aliphatic heterocycles. The molecule has 2 unspecified atom stereocenters. The molecule has 4 nitrogen and oxygen atoms in total. The van der Waals surface area contributed by atoms with Crippen LogP contribution in [-0.2, 0) is 11.3 Å². The Morgan fingerprint density at radius 2 is 2.28 bits per heavy atom. The van der Waals surface area contributed by atoms with Gasteiger partial charge in [0, 0.05) is 12.2 Å². The van der Waals surface area contributed by atoms with Gasteiger partial charge in [0.25, 0.3) is 0 Å². The maximum Gasteiger partial charge on any atom is 0.129 e. The minimum absolute atomic E-state index is 0.0514. The second-order valence-corrected chi connectivity index (χ2v) is 4.93. The molecule has 2 rings (SSSR count). The van der Waals surface area contributed by atoms with Crippen molar-refractivity contribution in [2.75, 3.05) is 18.1 Å². The standard InChI is InChI=1S/C14H22N2O2/c1-4-13-9-18-10(2)7-16(13)14-6-5-12(8-17)11(3)15-14/h5-6,10,13,17H,4,7-9H2,1-3H3. The van der Waals surface area contributed by atoms with Crippen LogP contribution in [0, 0.1) is 6.92 Å². The number of nitrogens with zero attached hydrogens (tertiary/aromatic N) is 2. The summed E-state index contributed by atoms with van der Waals surface area (Å²) in [5.74, 6) is 0.992. The van der Waals surface area contributed by atoms with Crippen molar-refractivity contribution in [2.24, 2.45) is 0 Å². The minimum Gasteiger partial charge on any atom is -0.392 e. The molecule has 1 aromatic rings. The predicted molar refractivity (Wildman–Crippen MR) is 71.7 cm³/mol. The molecule has 1 saturated heterocycles. The SMILES string of the molecule is CCC1COC(C)CN1c1ccc(CO)c(C)n1. The van der Waals surface area contributed by atoms with Gasteiger partial charge >= 0.3 is 0 Å². The summed E-state index contributed by atoms with van der Waals surface area (Å²) < 4.78 is 5.70. The van der Waals surface area contributed by atoms with Gasteiger partial charge in [-0.25, -0.2) is 4.98 Å². The number of aliphatic hydroxyl groups excluding tert-OH is 1. The lowest BCUT2D eigenvalue weighted by atomic mass is 10.1. The molecule has 0 aromatic carbocycles. The molecule has 1 N–H and O–H groups in total. The number of aryl methyl sites for hydroxylation is 1. The van der Waals surface area contributed by atoms with Crippen LogP contribution in [0.4, 0.5) is 5.82 Å². The van der Waals surface area contributed by atoms with Crippen molar-refractivity contribution in [1.29, 1.82) is 0 Å². The van der Waals surface area contributed by atoms with Crippen molar-refractivity contribution in [2.45, 2.75) is 45.9 Å². The summed E-state index contributed by atoms with van der Waals surface area (Å²) in [5, 5.41) is 9.19. The second kappa shape index (κ2) is 5.67. The second-order valence-electron chi connectivity index (χ2n) is 4.93. The molecule has 0 saturated carbocycles. The highest BCUT2D eigenvalue weighted by atomic mass is 16.5. The first-order valence-electron chi connectivity index (χ1n) is 6.61. The third kappa shape index (κ3) is 2.65. The van der Waals surface area contributed by atoms with Crippen LogP contribution in [0.5, 0.6) is 0 Å². The number of pyridine rings is 1. The van der Waals surface area contributed by atoms with E-state index < -0.39 is 0 Å². The molecule has 100 valence electrons. The van der Waals surface area contributed by atoms with E-state index in [4.69, 9.17) is 4.74 Å². The van der Waals surface area contributed by atoms with Crippen LogP contribution in [0.2, 0.25) is 0 Å². The quantitative estimate of drug-likeness (QED) is 0.889. The Hall–Kier alpha value is -1.13. The maximum atomic E-state index is 9.19. The van der Waals surface area contributed by atoms with Gasteiger partial charge in [0.05, 0.1) is 25.4 Å². The van der Waals surface area contributed by atoms with Gasteiger partial charge in [-0.1, -0.05) is 13.0 Å². The molecule has 2 heterocycles. The highest BCUT2D eigenvalue weighted by Crippen LogP contribution is 2.23. The predicted octanol–water partition coefficient (Wildman–Crippen LogP) is 1.89. The van der Waals surface area contributed by atoms with Crippen molar-refractivity contribution >= 4 is 5.82 Å². The summed E-state index contributed by atoms with van der Waals surface area (Å²) in [6, 6.07) is 4.36. The zero-order valence-corrected chi connectivity index (χ0v) is 11.4. The lowest BCUT2D eigenvalue weighted by molar-refractivity contribution is 0.0296. The zero-order chi connectivity index (χ0) is 13.1. The van der Waals surface area contributed by atoms with E-state index in [2.05, 4.69) is 23.7 Å². The number of anilines is 1. The van der Waals surface area contributed by atoms with Crippen molar-refractivity contribution in [1.82, 2.24) is 4.98 Å². The van der Waals surface area contributed by atoms with Crippen LogP contribution < -0.4 is 4.90 Å². The summed E-state index contributed by atoms with van der Waals surface area (Å²) >= 11 is 0. The molecule has 4 heteroatoms. The van der Waals surface area contributed by atoms with Gasteiger partial charge in [-0.2, -0.15) is 0 Å². The number of morpholine rings is 1. The van der Waals surface area contributed by atoms with Crippen molar-refractivity contribution < 1.29 is 9.84 Å². The fraction of sp³-hybridized carbons (Fsp3) is 0.643. The number of hydrogen-bond donors (Lipinski definition) is 1. The first-order valence-corrected chi connectivity index (χ1v) is 6.61. The van der Waals surface area contributed by atoms with Crippen LogP contribution in [0.3, 0.4) is 0 Å². The number of ether oxygens (including phenoxy) is 1. The molecular formula is C14H22N2O2. The maximum absolute atomic E-state index is 9.19. The first-order chi connectivity index (χ1) is 8.65. The summed E-state index contributed by atoms with van der Waals surface area (Å²) in [5.41, 5.74) is 1.80. The van der Waals surface area contributed by atoms with E-state index in [1.165, 1.54) is 0 Å². The Kier molecular flexibility index (Phi) is 4.19. The smallest absolute Gasteiger partial charge is 0.129 e. The number of hydrogen-bond acceptors (Lipinski definition) is 4. The lowest BCUT2D eigenvalue weighted by Gasteiger charge is -2.39. The van der Waals surface area contributed by atoms with Gasteiger partial charge in [-0.15, -0.1) is 0 Å². The molecule has 2 atom stereocenters. The largest absolute Gasteiger partial charge is 0.392 e. The van der Waals surface area contributed by atoms with Gasteiger partial charge < -0.3 is 14.7 Å². The molecular weight excluding hydrogens is 228 g/mol. The Morgan fingerprint density at radius 1 is 1.50 bits per heavy atom. The Morgan fingerprint density at radius 3 is 2.89 bits per heavy atom. The zero-order valence-electron chi connectivity index (χ0n) is 11.4. The van der Waals surface area contributed by atoms with Crippen LogP contribution >= 0.6 is 0 Å². The first kappa shape index (κ1) is 13.3. The summed E-state index contributed by atoms with van der Waals surface area (Å²) in [4.78, 5) is 6.93. The van der Waals surface area contributed by atoms with E-state index in [0.717, 1.165) is 36.6 Å². The van der Waals surface area contributed by atoms with Gasteiger partial charge in [0.15, 0.2) is 0 Å². The summed E-state index contributed by atoms with van der Waals surface area (Å²) in [6.07, 6.45) is 1.29. The fourth-order valence-corrected chi connectivity index (χ4v) is 2.37. The molecule has 0 spiro atoms.